The number of carbonyl (C=O) groups is 3. The van der Waals surface area contributed by atoms with Crippen molar-refractivity contribution in [1.29, 1.82) is 5.26 Å². The largest absolute Gasteiger partial charge is 0.477 e. The van der Waals surface area contributed by atoms with E-state index in [-0.39, 0.29) is 64.9 Å². The summed E-state index contributed by atoms with van der Waals surface area (Å²) in [4.78, 5) is 41.6. The van der Waals surface area contributed by atoms with Crippen LogP contribution < -0.4 is 15.7 Å². The SMILES string of the molecule is C[C@@H]1Cc2nn(C(CNC(=O)OC(C)(C)C)CO[Si](c3ccccc3)(c3ccccc3)C(C)(C)C)c(C(=O)O)c2CN1C(=O)c1ccc(Cl)c(C#N)c1. The van der Waals surface area contributed by atoms with Gasteiger partial charge in [-0.3, -0.25) is 9.48 Å². The van der Waals surface area contributed by atoms with Gasteiger partial charge in [0.2, 0.25) is 0 Å². The zero-order chi connectivity index (χ0) is 38.7. The van der Waals surface area contributed by atoms with Gasteiger partial charge in [0.25, 0.3) is 14.2 Å². The van der Waals surface area contributed by atoms with E-state index in [1.807, 2.05) is 49.4 Å². The summed E-state index contributed by atoms with van der Waals surface area (Å²) in [6.45, 7) is 13.5. The summed E-state index contributed by atoms with van der Waals surface area (Å²) in [5, 5.41) is 29.9. The standard InChI is InChI=1S/C40H46ClN5O6Si/c1-26-20-34-32(24-45(26)36(47)27-18-19-33(41)28(21-27)22-42)35(37(48)49)46(44-34)29(23-43-38(50)52-39(2,3)4)25-51-53(40(5,6)7,30-14-10-8-11-15-30)31-16-12-9-13-17-31/h8-19,21,26,29H,20,23-25H2,1-7H3,(H,43,50)(H,48,49)/t26-,29?/m1/s1. The number of nitrogens with one attached hydrogen (secondary N) is 1. The highest BCUT2D eigenvalue weighted by atomic mass is 35.5. The second kappa shape index (κ2) is 15.6. The Kier molecular flexibility index (Phi) is 11.5. The second-order valence-electron chi connectivity index (χ2n) is 15.3. The first-order valence-corrected chi connectivity index (χ1v) is 19.8. The summed E-state index contributed by atoms with van der Waals surface area (Å²) >= 11 is 6.13. The number of carboxylic acids is 1. The van der Waals surface area contributed by atoms with Crippen LogP contribution in [0, 0.1) is 11.3 Å². The molecular formula is C40H46ClN5O6Si. The maximum Gasteiger partial charge on any atom is 0.407 e. The average Bonchev–Trinajstić information content (AvgIpc) is 3.47. The maximum absolute atomic E-state index is 13.8. The van der Waals surface area contributed by atoms with E-state index in [4.69, 9.17) is 25.9 Å². The molecule has 1 aliphatic heterocycles. The van der Waals surface area contributed by atoms with Gasteiger partial charge in [-0.05, 0) is 61.3 Å². The van der Waals surface area contributed by atoms with Crippen molar-refractivity contribution in [2.24, 2.45) is 0 Å². The number of rotatable bonds is 10. The molecule has 2 heterocycles. The third kappa shape index (κ3) is 8.33. The number of benzene rings is 3. The van der Waals surface area contributed by atoms with Crippen LogP contribution in [-0.2, 0) is 22.1 Å². The number of hydrogen-bond acceptors (Lipinski definition) is 7. The minimum atomic E-state index is -3.10. The summed E-state index contributed by atoms with van der Waals surface area (Å²) in [5.41, 5.74) is 0.519. The molecule has 0 saturated heterocycles. The molecule has 0 fully saturated rings. The van der Waals surface area contributed by atoms with Crippen molar-refractivity contribution in [2.45, 2.75) is 84.2 Å². The summed E-state index contributed by atoms with van der Waals surface area (Å²) in [6.07, 6.45) is -0.374. The number of ether oxygens (including phenoxy) is 1. The Morgan fingerprint density at radius 3 is 2.15 bits per heavy atom. The number of fused-ring (bicyclic) bond motifs is 1. The highest BCUT2D eigenvalue weighted by molar-refractivity contribution is 6.99. The first kappa shape index (κ1) is 39.2. The minimum absolute atomic E-state index is 0.00380. The lowest BCUT2D eigenvalue weighted by Gasteiger charge is -2.43. The van der Waals surface area contributed by atoms with Gasteiger partial charge in [-0.2, -0.15) is 10.4 Å². The molecule has 0 spiro atoms. The average molecular weight is 756 g/mol. The van der Waals surface area contributed by atoms with Crippen molar-refractivity contribution in [1.82, 2.24) is 20.0 Å². The van der Waals surface area contributed by atoms with Crippen molar-refractivity contribution in [3.05, 3.63) is 112 Å². The van der Waals surface area contributed by atoms with Crippen molar-refractivity contribution in [3.63, 3.8) is 0 Å². The maximum atomic E-state index is 13.8. The number of halogens is 1. The van der Waals surface area contributed by atoms with Crippen molar-refractivity contribution < 1.29 is 28.7 Å². The third-order valence-electron chi connectivity index (χ3n) is 9.37. The van der Waals surface area contributed by atoms with E-state index < -0.39 is 32.0 Å². The summed E-state index contributed by atoms with van der Waals surface area (Å²) in [7, 11) is -3.10. The number of amides is 2. The first-order chi connectivity index (χ1) is 25.0. The van der Waals surface area contributed by atoms with Crippen LogP contribution in [0.3, 0.4) is 0 Å². The fourth-order valence-corrected chi connectivity index (χ4v) is 11.7. The van der Waals surface area contributed by atoms with Gasteiger partial charge in [0.1, 0.15) is 11.7 Å². The molecule has 2 atom stereocenters. The smallest absolute Gasteiger partial charge is 0.407 e. The van der Waals surface area contributed by atoms with Crippen molar-refractivity contribution in [2.75, 3.05) is 13.2 Å². The van der Waals surface area contributed by atoms with Crippen LogP contribution in [-0.4, -0.2) is 70.9 Å². The number of alkyl carbamates (subject to hydrolysis) is 1. The molecule has 13 heteroatoms. The van der Waals surface area contributed by atoms with Crippen LogP contribution in [0.25, 0.3) is 0 Å². The van der Waals surface area contributed by atoms with E-state index in [0.29, 0.717) is 11.3 Å². The lowest BCUT2D eigenvalue weighted by molar-refractivity contribution is 0.0512. The van der Waals surface area contributed by atoms with Crippen LogP contribution >= 0.6 is 11.6 Å². The lowest BCUT2D eigenvalue weighted by Crippen LogP contribution is -2.67. The van der Waals surface area contributed by atoms with E-state index in [0.717, 1.165) is 10.4 Å². The Bertz CT molecular complexity index is 1980. The molecule has 0 radical (unpaired) electrons. The van der Waals surface area contributed by atoms with Gasteiger partial charge in [-0.25, -0.2) is 9.59 Å². The lowest BCUT2D eigenvalue weighted by atomic mass is 9.98. The number of carbonyl (C=O) groups excluding carboxylic acids is 2. The van der Waals surface area contributed by atoms with Gasteiger partial charge < -0.3 is 24.5 Å². The molecule has 0 saturated carbocycles. The van der Waals surface area contributed by atoms with Gasteiger partial charge in [-0.1, -0.05) is 93.0 Å². The van der Waals surface area contributed by atoms with E-state index >= 15 is 0 Å². The normalized spacial score (nSPS) is 15.2. The van der Waals surface area contributed by atoms with Gasteiger partial charge >= 0.3 is 12.1 Å². The number of nitrogens with zero attached hydrogens (tertiary/aromatic N) is 4. The highest BCUT2D eigenvalue weighted by Crippen LogP contribution is 2.38. The van der Waals surface area contributed by atoms with E-state index in [1.54, 1.807) is 31.7 Å². The molecule has 3 aromatic carbocycles. The first-order valence-electron chi connectivity index (χ1n) is 17.5. The molecule has 1 aromatic heterocycles. The molecule has 11 nitrogen and oxygen atoms in total. The van der Waals surface area contributed by atoms with Crippen LogP contribution in [0.2, 0.25) is 10.1 Å². The molecule has 0 bridgehead atoms. The molecular weight excluding hydrogens is 710 g/mol. The molecule has 2 N–H and O–H groups in total. The molecule has 1 unspecified atom stereocenters. The van der Waals surface area contributed by atoms with Crippen molar-refractivity contribution >= 4 is 48.3 Å². The van der Waals surface area contributed by atoms with Gasteiger partial charge in [0.05, 0.1) is 35.5 Å². The van der Waals surface area contributed by atoms with Crippen LogP contribution in [0.1, 0.15) is 92.2 Å². The minimum Gasteiger partial charge on any atom is -0.477 e. The summed E-state index contributed by atoms with van der Waals surface area (Å²) < 4.78 is 14.2. The Balaban J connectivity index is 1.58. The van der Waals surface area contributed by atoms with E-state index in [2.05, 4.69) is 50.4 Å². The molecule has 5 rings (SSSR count). The highest BCUT2D eigenvalue weighted by Gasteiger charge is 2.50. The number of hydrogen-bond donors (Lipinski definition) is 2. The number of aromatic carboxylic acids is 1. The summed E-state index contributed by atoms with van der Waals surface area (Å²) in [5.74, 6) is -1.59. The molecule has 278 valence electrons. The Hall–Kier alpha value is -4.96. The van der Waals surface area contributed by atoms with Crippen molar-refractivity contribution in [3.8, 4) is 6.07 Å². The topological polar surface area (TPSA) is 147 Å². The van der Waals surface area contributed by atoms with E-state index in [9.17, 15) is 24.8 Å². The van der Waals surface area contributed by atoms with Crippen LogP contribution in [0.15, 0.2) is 78.9 Å². The van der Waals surface area contributed by atoms with Gasteiger partial charge in [0.15, 0.2) is 5.69 Å². The van der Waals surface area contributed by atoms with Crippen LogP contribution in [0.4, 0.5) is 4.79 Å². The fourth-order valence-electron chi connectivity index (χ4n) is 6.95. The Morgan fingerprint density at radius 2 is 1.62 bits per heavy atom. The Morgan fingerprint density at radius 1 is 1.02 bits per heavy atom. The molecule has 53 heavy (non-hydrogen) atoms. The number of carboxylic acid groups (broad SMARTS) is 1. The predicted octanol–water partition coefficient (Wildman–Crippen LogP) is 6.34. The number of aromatic nitrogens is 2. The van der Waals surface area contributed by atoms with E-state index in [1.165, 1.54) is 16.8 Å². The van der Waals surface area contributed by atoms with Gasteiger partial charge in [-0.15, -0.1) is 0 Å². The van der Waals surface area contributed by atoms with Crippen LogP contribution in [0.5, 0.6) is 0 Å². The zero-order valence-corrected chi connectivity index (χ0v) is 32.9. The Labute approximate surface area is 316 Å². The molecule has 2 amide bonds. The second-order valence-corrected chi connectivity index (χ2v) is 20.0. The number of nitriles is 1. The summed E-state index contributed by atoms with van der Waals surface area (Å²) in [6, 6.07) is 25.5. The monoisotopic (exact) mass is 755 g/mol. The quantitative estimate of drug-likeness (QED) is 0.179. The zero-order valence-electron chi connectivity index (χ0n) is 31.1. The predicted molar refractivity (Wildman–Crippen MR) is 205 cm³/mol. The van der Waals surface area contributed by atoms with Gasteiger partial charge in [0, 0.05) is 30.1 Å². The fraction of sp³-hybridized carbons (Fsp3) is 0.375. The molecule has 0 aliphatic carbocycles. The molecule has 1 aliphatic rings. The third-order valence-corrected chi connectivity index (χ3v) is 14.7. The molecule has 4 aromatic rings.